The summed E-state index contributed by atoms with van der Waals surface area (Å²) in [5, 5.41) is 3.25. The van der Waals surface area contributed by atoms with E-state index in [2.05, 4.69) is 33.0 Å². The summed E-state index contributed by atoms with van der Waals surface area (Å²) in [4.78, 5) is 13.8. The van der Waals surface area contributed by atoms with Crippen molar-refractivity contribution in [3.8, 4) is 0 Å². The summed E-state index contributed by atoms with van der Waals surface area (Å²) in [6, 6.07) is 0.262. The van der Waals surface area contributed by atoms with Gasteiger partial charge in [-0.15, -0.1) is 0 Å². The van der Waals surface area contributed by atoms with Gasteiger partial charge in [0.2, 0.25) is 5.91 Å². The van der Waals surface area contributed by atoms with Crippen molar-refractivity contribution in [3.05, 3.63) is 0 Å². The van der Waals surface area contributed by atoms with Gasteiger partial charge in [0.1, 0.15) is 0 Å². The fraction of sp³-hybridized carbons (Fsp3) is 0.917. The first-order chi connectivity index (χ1) is 6.85. The minimum absolute atomic E-state index is 0.0387. The third-order valence-electron chi connectivity index (χ3n) is 3.18. The second-order valence-electron chi connectivity index (χ2n) is 4.78. The van der Waals surface area contributed by atoms with Crippen molar-refractivity contribution in [3.63, 3.8) is 0 Å². The van der Waals surface area contributed by atoms with E-state index < -0.39 is 0 Å². The zero-order chi connectivity index (χ0) is 12.1. The van der Waals surface area contributed by atoms with Crippen LogP contribution < -0.4 is 5.32 Å². The molecule has 0 aromatic carbocycles. The number of nitrogens with zero attached hydrogens (tertiary/aromatic N) is 1. The molecule has 1 atom stereocenters. The predicted molar refractivity (Wildman–Crippen MR) is 64.9 cm³/mol. The smallest absolute Gasteiger partial charge is 0.224 e. The van der Waals surface area contributed by atoms with E-state index in [-0.39, 0.29) is 17.5 Å². The van der Waals surface area contributed by atoms with E-state index in [1.165, 1.54) is 0 Å². The van der Waals surface area contributed by atoms with Crippen LogP contribution in [0.1, 0.15) is 47.5 Å². The SMILES string of the molecule is CCNC(C)CC(=O)N(C)C(C)(C)CC. The van der Waals surface area contributed by atoms with E-state index >= 15 is 0 Å². The molecule has 0 aromatic rings. The van der Waals surface area contributed by atoms with Crippen LogP contribution in [0.5, 0.6) is 0 Å². The summed E-state index contributed by atoms with van der Waals surface area (Å²) in [5.74, 6) is 0.218. The molecule has 0 aliphatic rings. The van der Waals surface area contributed by atoms with Gasteiger partial charge < -0.3 is 10.2 Å². The zero-order valence-corrected chi connectivity index (χ0v) is 11.1. The maximum Gasteiger partial charge on any atom is 0.224 e. The van der Waals surface area contributed by atoms with Gasteiger partial charge in [-0.2, -0.15) is 0 Å². The van der Waals surface area contributed by atoms with Crippen molar-refractivity contribution >= 4 is 5.91 Å². The average molecular weight is 214 g/mol. The molecular formula is C12H26N2O. The molecule has 0 bridgehead atoms. The van der Waals surface area contributed by atoms with Gasteiger partial charge in [-0.05, 0) is 33.7 Å². The van der Waals surface area contributed by atoms with Gasteiger partial charge >= 0.3 is 0 Å². The maximum absolute atomic E-state index is 11.9. The molecule has 0 radical (unpaired) electrons. The van der Waals surface area contributed by atoms with E-state index in [9.17, 15) is 4.79 Å². The van der Waals surface area contributed by atoms with Crippen LogP contribution >= 0.6 is 0 Å². The molecular weight excluding hydrogens is 188 g/mol. The number of amides is 1. The Labute approximate surface area is 94.2 Å². The van der Waals surface area contributed by atoms with Gasteiger partial charge in [0.05, 0.1) is 0 Å². The predicted octanol–water partition coefficient (Wildman–Crippen LogP) is 2.02. The van der Waals surface area contributed by atoms with E-state index in [1.807, 2.05) is 18.9 Å². The van der Waals surface area contributed by atoms with Crippen LogP contribution in [0.3, 0.4) is 0 Å². The molecule has 15 heavy (non-hydrogen) atoms. The minimum atomic E-state index is -0.0387. The first-order valence-electron chi connectivity index (χ1n) is 5.85. The Hall–Kier alpha value is -0.570. The molecule has 0 saturated heterocycles. The second kappa shape index (κ2) is 6.11. The second-order valence-corrected chi connectivity index (χ2v) is 4.78. The summed E-state index contributed by atoms with van der Waals surface area (Å²) < 4.78 is 0. The standard InChI is InChI=1S/C12H26N2O/c1-7-12(4,5)14(6)11(15)9-10(3)13-8-2/h10,13H,7-9H2,1-6H3. The summed E-state index contributed by atoms with van der Waals surface area (Å²) in [5.41, 5.74) is -0.0387. The number of carbonyl (C=O) groups excluding carboxylic acids is 1. The Kier molecular flexibility index (Phi) is 5.88. The van der Waals surface area contributed by atoms with Crippen molar-refractivity contribution in [1.29, 1.82) is 0 Å². The third kappa shape index (κ3) is 4.65. The van der Waals surface area contributed by atoms with E-state index in [4.69, 9.17) is 0 Å². The topological polar surface area (TPSA) is 32.3 Å². The number of carbonyl (C=O) groups is 1. The largest absolute Gasteiger partial charge is 0.341 e. The molecule has 0 saturated carbocycles. The van der Waals surface area contributed by atoms with Crippen molar-refractivity contribution in [2.45, 2.75) is 59.0 Å². The fourth-order valence-corrected chi connectivity index (χ4v) is 1.39. The van der Waals surface area contributed by atoms with E-state index in [0.717, 1.165) is 13.0 Å². The highest BCUT2D eigenvalue weighted by Crippen LogP contribution is 2.17. The van der Waals surface area contributed by atoms with Gasteiger partial charge in [-0.1, -0.05) is 13.8 Å². The highest BCUT2D eigenvalue weighted by Gasteiger charge is 2.25. The lowest BCUT2D eigenvalue weighted by molar-refractivity contribution is -0.135. The molecule has 3 nitrogen and oxygen atoms in total. The summed E-state index contributed by atoms with van der Waals surface area (Å²) in [6.45, 7) is 11.3. The van der Waals surface area contributed by atoms with Crippen molar-refractivity contribution < 1.29 is 4.79 Å². The van der Waals surface area contributed by atoms with Gasteiger partial charge in [0, 0.05) is 25.0 Å². The van der Waals surface area contributed by atoms with Crippen molar-refractivity contribution in [1.82, 2.24) is 10.2 Å². The third-order valence-corrected chi connectivity index (χ3v) is 3.18. The van der Waals surface area contributed by atoms with Crippen molar-refractivity contribution in [2.24, 2.45) is 0 Å². The van der Waals surface area contributed by atoms with Crippen molar-refractivity contribution in [2.75, 3.05) is 13.6 Å². The first-order valence-corrected chi connectivity index (χ1v) is 5.85. The Balaban J connectivity index is 4.21. The summed E-state index contributed by atoms with van der Waals surface area (Å²) >= 11 is 0. The van der Waals surface area contributed by atoms with Crippen LogP contribution in [-0.4, -0.2) is 36.0 Å². The molecule has 1 amide bonds. The molecule has 0 heterocycles. The lowest BCUT2D eigenvalue weighted by Gasteiger charge is -2.35. The van der Waals surface area contributed by atoms with Crippen LogP contribution in [-0.2, 0) is 4.79 Å². The number of nitrogens with one attached hydrogen (secondary N) is 1. The minimum Gasteiger partial charge on any atom is -0.341 e. The quantitative estimate of drug-likeness (QED) is 0.733. The summed E-state index contributed by atoms with van der Waals surface area (Å²) in [7, 11) is 1.89. The molecule has 0 fully saturated rings. The van der Waals surface area contributed by atoms with Gasteiger partial charge in [0.15, 0.2) is 0 Å². The molecule has 0 aliphatic carbocycles. The lowest BCUT2D eigenvalue weighted by atomic mass is 9.99. The Morgan fingerprint density at radius 2 is 1.93 bits per heavy atom. The number of rotatable bonds is 6. The molecule has 1 N–H and O–H groups in total. The van der Waals surface area contributed by atoms with Crippen LogP contribution in [0.25, 0.3) is 0 Å². The molecule has 0 spiro atoms. The van der Waals surface area contributed by atoms with Gasteiger partial charge in [-0.3, -0.25) is 4.79 Å². The molecule has 3 heteroatoms. The van der Waals surface area contributed by atoms with Crippen LogP contribution in [0.2, 0.25) is 0 Å². The Bertz CT molecular complexity index is 202. The number of hydrogen-bond donors (Lipinski definition) is 1. The Morgan fingerprint density at radius 3 is 2.33 bits per heavy atom. The zero-order valence-electron chi connectivity index (χ0n) is 11.1. The average Bonchev–Trinajstić information content (AvgIpc) is 2.16. The molecule has 0 aliphatic heterocycles. The molecule has 0 rings (SSSR count). The van der Waals surface area contributed by atoms with Gasteiger partial charge in [-0.25, -0.2) is 0 Å². The highest BCUT2D eigenvalue weighted by atomic mass is 16.2. The normalized spacial score (nSPS) is 13.7. The molecule has 0 aromatic heterocycles. The number of hydrogen-bond acceptors (Lipinski definition) is 2. The lowest BCUT2D eigenvalue weighted by Crippen LogP contribution is -2.46. The van der Waals surface area contributed by atoms with Crippen LogP contribution in [0.15, 0.2) is 0 Å². The Morgan fingerprint density at radius 1 is 1.40 bits per heavy atom. The molecule has 90 valence electrons. The van der Waals surface area contributed by atoms with E-state index in [1.54, 1.807) is 0 Å². The monoisotopic (exact) mass is 214 g/mol. The highest BCUT2D eigenvalue weighted by molar-refractivity contribution is 5.77. The fourth-order valence-electron chi connectivity index (χ4n) is 1.39. The van der Waals surface area contributed by atoms with E-state index in [0.29, 0.717) is 6.42 Å². The van der Waals surface area contributed by atoms with Crippen LogP contribution in [0.4, 0.5) is 0 Å². The first kappa shape index (κ1) is 14.4. The maximum atomic E-state index is 11.9. The molecule has 1 unspecified atom stereocenters. The summed E-state index contributed by atoms with van der Waals surface area (Å²) in [6.07, 6.45) is 1.55. The van der Waals surface area contributed by atoms with Gasteiger partial charge in [0.25, 0.3) is 0 Å². The van der Waals surface area contributed by atoms with Crippen LogP contribution in [0, 0.1) is 0 Å².